The Labute approximate surface area is 99.7 Å². The largest absolute Gasteiger partial charge is 0.393 e. The van der Waals surface area contributed by atoms with Crippen LogP contribution in [0, 0.1) is 5.92 Å². The summed E-state index contributed by atoms with van der Waals surface area (Å²) in [5.74, 6) is 0.336. The van der Waals surface area contributed by atoms with Crippen molar-refractivity contribution in [2.45, 2.75) is 25.9 Å². The maximum absolute atomic E-state index is 12.1. The standard InChI is InChI=1S/C12H17NO2S/c1-9(14)10-3-2-5-13(7-10)12(15)11-4-6-16-8-11/h4,6,8-10,14H,2-3,5,7H2,1H3. The van der Waals surface area contributed by atoms with Gasteiger partial charge in [0.05, 0.1) is 11.7 Å². The van der Waals surface area contributed by atoms with Crippen LogP contribution in [0.4, 0.5) is 0 Å². The van der Waals surface area contributed by atoms with Crippen LogP contribution in [-0.4, -0.2) is 35.1 Å². The first-order chi connectivity index (χ1) is 7.68. The molecule has 0 spiro atoms. The summed E-state index contributed by atoms with van der Waals surface area (Å²) in [6.07, 6.45) is 1.69. The van der Waals surface area contributed by atoms with Crippen LogP contribution >= 0.6 is 11.3 Å². The minimum atomic E-state index is -0.321. The van der Waals surface area contributed by atoms with Crippen LogP contribution in [-0.2, 0) is 0 Å². The molecule has 0 saturated carbocycles. The first-order valence-corrected chi connectivity index (χ1v) is 6.62. The van der Waals surface area contributed by atoms with Gasteiger partial charge >= 0.3 is 0 Å². The summed E-state index contributed by atoms with van der Waals surface area (Å²) < 4.78 is 0. The van der Waals surface area contributed by atoms with Crippen molar-refractivity contribution in [3.63, 3.8) is 0 Å². The number of rotatable bonds is 2. The first-order valence-electron chi connectivity index (χ1n) is 5.68. The van der Waals surface area contributed by atoms with Crippen molar-refractivity contribution in [2.75, 3.05) is 13.1 Å². The molecular formula is C12H17NO2S. The zero-order valence-electron chi connectivity index (χ0n) is 9.43. The third kappa shape index (κ3) is 2.44. The molecule has 2 rings (SSSR count). The summed E-state index contributed by atoms with van der Waals surface area (Å²) in [6, 6.07) is 1.86. The fraction of sp³-hybridized carbons (Fsp3) is 0.583. The van der Waals surface area contributed by atoms with Crippen molar-refractivity contribution >= 4 is 17.2 Å². The predicted molar refractivity (Wildman–Crippen MR) is 64.6 cm³/mol. The summed E-state index contributed by atoms with van der Waals surface area (Å²) in [6.45, 7) is 3.31. The number of carbonyl (C=O) groups is 1. The van der Waals surface area contributed by atoms with E-state index in [-0.39, 0.29) is 17.9 Å². The van der Waals surface area contributed by atoms with Crippen molar-refractivity contribution < 1.29 is 9.90 Å². The number of piperidine rings is 1. The van der Waals surface area contributed by atoms with Crippen molar-refractivity contribution in [1.82, 2.24) is 4.90 Å². The fourth-order valence-electron chi connectivity index (χ4n) is 2.16. The van der Waals surface area contributed by atoms with E-state index in [0.717, 1.165) is 24.9 Å². The zero-order chi connectivity index (χ0) is 11.5. The summed E-state index contributed by atoms with van der Waals surface area (Å²) in [7, 11) is 0. The molecule has 1 fully saturated rings. The molecule has 1 aliphatic rings. The second-order valence-corrected chi connectivity index (χ2v) is 5.19. The van der Waals surface area contributed by atoms with Gasteiger partial charge < -0.3 is 10.0 Å². The second-order valence-electron chi connectivity index (χ2n) is 4.41. The molecule has 2 atom stereocenters. The Morgan fingerprint density at radius 2 is 2.50 bits per heavy atom. The third-order valence-electron chi connectivity index (χ3n) is 3.20. The summed E-state index contributed by atoms with van der Waals surface area (Å²) >= 11 is 1.54. The van der Waals surface area contributed by atoms with E-state index in [0.29, 0.717) is 6.54 Å². The topological polar surface area (TPSA) is 40.5 Å². The van der Waals surface area contributed by atoms with Crippen LogP contribution < -0.4 is 0 Å². The quantitative estimate of drug-likeness (QED) is 0.857. The molecule has 1 saturated heterocycles. The Balaban J connectivity index is 2.02. The van der Waals surface area contributed by atoms with Crippen molar-refractivity contribution in [3.8, 4) is 0 Å². The van der Waals surface area contributed by atoms with E-state index in [1.165, 1.54) is 0 Å². The van der Waals surface area contributed by atoms with Crippen molar-refractivity contribution in [2.24, 2.45) is 5.92 Å². The van der Waals surface area contributed by atoms with Crippen LogP contribution in [0.3, 0.4) is 0 Å². The van der Waals surface area contributed by atoms with Crippen molar-refractivity contribution in [1.29, 1.82) is 0 Å². The highest BCUT2D eigenvalue weighted by molar-refractivity contribution is 7.08. The predicted octanol–water partition coefficient (Wildman–Crippen LogP) is 1.98. The molecule has 1 N–H and O–H groups in total. The number of carbonyl (C=O) groups excluding carboxylic acids is 1. The molecule has 0 aromatic carbocycles. The SMILES string of the molecule is CC(O)C1CCCN(C(=O)c2ccsc2)C1. The van der Waals surface area contributed by atoms with Gasteiger partial charge in [0.25, 0.3) is 5.91 Å². The Hall–Kier alpha value is -0.870. The molecule has 3 nitrogen and oxygen atoms in total. The summed E-state index contributed by atoms with van der Waals surface area (Å²) in [5.41, 5.74) is 0.774. The molecule has 88 valence electrons. The normalized spacial score (nSPS) is 23.1. The van der Waals surface area contributed by atoms with Gasteiger partial charge in [-0.2, -0.15) is 11.3 Å². The maximum atomic E-state index is 12.1. The van der Waals surface area contributed by atoms with Gasteiger partial charge in [-0.05, 0) is 31.2 Å². The van der Waals surface area contributed by atoms with E-state index in [1.807, 2.05) is 28.7 Å². The van der Waals surface area contributed by atoms with E-state index < -0.39 is 0 Å². The van der Waals surface area contributed by atoms with E-state index in [2.05, 4.69) is 0 Å². The fourth-order valence-corrected chi connectivity index (χ4v) is 2.79. The molecule has 1 amide bonds. The third-order valence-corrected chi connectivity index (χ3v) is 3.88. The molecule has 0 radical (unpaired) electrons. The molecule has 1 aromatic rings. The van der Waals surface area contributed by atoms with Gasteiger partial charge in [-0.25, -0.2) is 0 Å². The highest BCUT2D eigenvalue weighted by Crippen LogP contribution is 2.21. The van der Waals surface area contributed by atoms with E-state index >= 15 is 0 Å². The van der Waals surface area contributed by atoms with Gasteiger partial charge in [-0.1, -0.05) is 0 Å². The van der Waals surface area contributed by atoms with Crippen LogP contribution in [0.2, 0.25) is 0 Å². The van der Waals surface area contributed by atoms with Gasteiger partial charge in [-0.15, -0.1) is 0 Å². The summed E-state index contributed by atoms with van der Waals surface area (Å²) in [4.78, 5) is 13.9. The van der Waals surface area contributed by atoms with Crippen LogP contribution in [0.1, 0.15) is 30.1 Å². The maximum Gasteiger partial charge on any atom is 0.254 e. The zero-order valence-corrected chi connectivity index (χ0v) is 10.2. The van der Waals surface area contributed by atoms with Crippen LogP contribution in [0.25, 0.3) is 0 Å². The van der Waals surface area contributed by atoms with Gasteiger partial charge in [0.2, 0.25) is 0 Å². The van der Waals surface area contributed by atoms with Crippen LogP contribution in [0.15, 0.2) is 16.8 Å². The number of hydrogen-bond donors (Lipinski definition) is 1. The van der Waals surface area contributed by atoms with E-state index in [4.69, 9.17) is 0 Å². The lowest BCUT2D eigenvalue weighted by molar-refractivity contribution is 0.0466. The van der Waals surface area contributed by atoms with Crippen LogP contribution in [0.5, 0.6) is 0 Å². The second kappa shape index (κ2) is 4.97. The number of likely N-dealkylation sites (tertiary alicyclic amines) is 1. The van der Waals surface area contributed by atoms with Gasteiger partial charge in [-0.3, -0.25) is 4.79 Å². The molecule has 16 heavy (non-hydrogen) atoms. The Kier molecular flexibility index (Phi) is 3.61. The van der Waals surface area contributed by atoms with Gasteiger partial charge in [0, 0.05) is 24.4 Å². The molecule has 0 bridgehead atoms. The lowest BCUT2D eigenvalue weighted by atomic mass is 9.93. The molecule has 1 aromatic heterocycles. The molecule has 4 heteroatoms. The average molecular weight is 239 g/mol. The number of nitrogens with zero attached hydrogens (tertiary/aromatic N) is 1. The lowest BCUT2D eigenvalue weighted by Crippen LogP contribution is -2.42. The minimum absolute atomic E-state index is 0.103. The number of aliphatic hydroxyl groups is 1. The highest BCUT2D eigenvalue weighted by atomic mass is 32.1. The summed E-state index contributed by atoms with van der Waals surface area (Å²) in [5, 5.41) is 13.4. The monoisotopic (exact) mass is 239 g/mol. The Morgan fingerprint density at radius 3 is 3.12 bits per heavy atom. The van der Waals surface area contributed by atoms with Gasteiger partial charge in [0.15, 0.2) is 0 Å². The minimum Gasteiger partial charge on any atom is -0.393 e. The number of aliphatic hydroxyl groups excluding tert-OH is 1. The number of hydrogen-bond acceptors (Lipinski definition) is 3. The first kappa shape index (κ1) is 11.6. The molecule has 1 aliphatic heterocycles. The Bertz CT molecular complexity index is 348. The van der Waals surface area contributed by atoms with E-state index in [9.17, 15) is 9.90 Å². The Morgan fingerprint density at radius 1 is 1.69 bits per heavy atom. The number of thiophene rings is 1. The molecule has 2 heterocycles. The van der Waals surface area contributed by atoms with Crippen molar-refractivity contribution in [3.05, 3.63) is 22.4 Å². The number of amides is 1. The molecule has 0 aliphatic carbocycles. The average Bonchev–Trinajstić information content (AvgIpc) is 2.81. The smallest absolute Gasteiger partial charge is 0.254 e. The lowest BCUT2D eigenvalue weighted by Gasteiger charge is -2.34. The highest BCUT2D eigenvalue weighted by Gasteiger charge is 2.26. The molecule has 2 unspecified atom stereocenters. The molecular weight excluding hydrogens is 222 g/mol. The van der Waals surface area contributed by atoms with Gasteiger partial charge in [0.1, 0.15) is 0 Å². The van der Waals surface area contributed by atoms with E-state index in [1.54, 1.807) is 11.3 Å².